The van der Waals surface area contributed by atoms with Gasteiger partial charge in [0.1, 0.15) is 5.82 Å². The van der Waals surface area contributed by atoms with Crippen molar-refractivity contribution in [3.05, 3.63) is 28.5 Å². The molecule has 1 aromatic carbocycles. The third kappa shape index (κ3) is 4.05. The van der Waals surface area contributed by atoms with Crippen LogP contribution in [0.5, 0.6) is 0 Å². The standard InChI is InChI=1S/C21H26BrFN2O2/c22-16-3-4-18(17(23)9-16)25-19(26)2-1-5-24-20(27)21-10-13-6-14(11-21)8-15(7-13)12-21/h3-4,9,13-15H,1-2,5-8,10-12H2,(H,24,27)(H,25,26). The van der Waals surface area contributed by atoms with Crippen LogP contribution >= 0.6 is 15.9 Å². The van der Waals surface area contributed by atoms with Crippen LogP contribution in [0, 0.1) is 29.0 Å². The molecule has 27 heavy (non-hydrogen) atoms. The van der Waals surface area contributed by atoms with Crippen LogP contribution in [-0.4, -0.2) is 18.4 Å². The van der Waals surface area contributed by atoms with E-state index in [9.17, 15) is 14.0 Å². The Hall–Kier alpha value is -1.43. The summed E-state index contributed by atoms with van der Waals surface area (Å²) in [5, 5.41) is 5.67. The third-order valence-electron chi connectivity index (χ3n) is 6.59. The summed E-state index contributed by atoms with van der Waals surface area (Å²) in [4.78, 5) is 24.9. The second-order valence-corrected chi connectivity index (χ2v) is 9.65. The van der Waals surface area contributed by atoms with Gasteiger partial charge in [-0.25, -0.2) is 4.39 Å². The fraction of sp³-hybridized carbons (Fsp3) is 0.619. The molecular formula is C21H26BrFN2O2. The van der Waals surface area contributed by atoms with Gasteiger partial charge in [0.05, 0.1) is 5.69 Å². The summed E-state index contributed by atoms with van der Waals surface area (Å²) in [5.41, 5.74) is 0.0400. The second-order valence-electron chi connectivity index (χ2n) is 8.73. The molecule has 4 aliphatic carbocycles. The van der Waals surface area contributed by atoms with E-state index in [1.54, 1.807) is 6.07 Å². The minimum absolute atomic E-state index is 0.141. The highest BCUT2D eigenvalue weighted by Gasteiger charge is 2.54. The Labute approximate surface area is 167 Å². The summed E-state index contributed by atoms with van der Waals surface area (Å²) >= 11 is 3.19. The molecule has 4 saturated carbocycles. The number of carbonyl (C=O) groups excluding carboxylic acids is 2. The minimum Gasteiger partial charge on any atom is -0.356 e. The molecule has 4 bridgehead atoms. The first-order chi connectivity index (χ1) is 12.9. The van der Waals surface area contributed by atoms with Crippen molar-refractivity contribution >= 4 is 33.4 Å². The van der Waals surface area contributed by atoms with Gasteiger partial charge in [0.15, 0.2) is 0 Å². The summed E-state index contributed by atoms with van der Waals surface area (Å²) in [7, 11) is 0. The van der Waals surface area contributed by atoms with Crippen molar-refractivity contribution in [3.8, 4) is 0 Å². The molecule has 0 heterocycles. The van der Waals surface area contributed by atoms with Crippen LogP contribution in [0.1, 0.15) is 51.4 Å². The molecule has 146 valence electrons. The van der Waals surface area contributed by atoms with E-state index in [4.69, 9.17) is 0 Å². The maximum Gasteiger partial charge on any atom is 0.226 e. The highest BCUT2D eigenvalue weighted by Crippen LogP contribution is 2.60. The van der Waals surface area contributed by atoms with Gasteiger partial charge in [0.2, 0.25) is 11.8 Å². The molecule has 0 radical (unpaired) electrons. The molecule has 1 aromatic rings. The van der Waals surface area contributed by atoms with Crippen molar-refractivity contribution in [2.45, 2.75) is 51.4 Å². The van der Waals surface area contributed by atoms with Gasteiger partial charge in [-0.3, -0.25) is 9.59 Å². The Morgan fingerprint density at radius 3 is 2.33 bits per heavy atom. The molecule has 4 nitrogen and oxygen atoms in total. The van der Waals surface area contributed by atoms with Crippen molar-refractivity contribution in [1.29, 1.82) is 0 Å². The lowest BCUT2D eigenvalue weighted by Crippen LogP contribution is -2.53. The van der Waals surface area contributed by atoms with Crippen LogP contribution in [0.3, 0.4) is 0 Å². The first kappa shape index (κ1) is 18.9. The number of nitrogens with one attached hydrogen (secondary N) is 2. The molecule has 4 aliphatic rings. The third-order valence-corrected chi connectivity index (χ3v) is 7.08. The number of carbonyl (C=O) groups is 2. The zero-order valence-corrected chi connectivity index (χ0v) is 17.0. The van der Waals surface area contributed by atoms with Gasteiger partial charge in [-0.15, -0.1) is 0 Å². The summed E-state index contributed by atoms with van der Waals surface area (Å²) in [6.07, 6.45) is 7.92. The average molecular weight is 437 g/mol. The van der Waals surface area contributed by atoms with E-state index in [0.717, 1.165) is 37.0 Å². The summed E-state index contributed by atoms with van der Waals surface area (Å²) in [6.45, 7) is 0.497. The predicted octanol–water partition coefficient (Wildman–Crippen LogP) is 4.64. The van der Waals surface area contributed by atoms with E-state index < -0.39 is 5.82 Å². The van der Waals surface area contributed by atoms with Crippen LogP contribution in [0.4, 0.5) is 10.1 Å². The van der Waals surface area contributed by atoms with Gasteiger partial charge in [-0.05, 0) is 80.9 Å². The van der Waals surface area contributed by atoms with E-state index in [-0.39, 0.29) is 29.3 Å². The molecule has 0 aromatic heterocycles. The normalized spacial score (nSPS) is 31.0. The Morgan fingerprint density at radius 2 is 1.74 bits per heavy atom. The Kier molecular flexibility index (Phi) is 5.28. The smallest absolute Gasteiger partial charge is 0.226 e. The van der Waals surface area contributed by atoms with Gasteiger partial charge < -0.3 is 10.6 Å². The molecule has 4 fully saturated rings. The quantitative estimate of drug-likeness (QED) is 0.638. The molecular weight excluding hydrogens is 411 g/mol. The Bertz CT molecular complexity index is 716. The number of rotatable bonds is 6. The van der Waals surface area contributed by atoms with Crippen LogP contribution in [-0.2, 0) is 9.59 Å². The van der Waals surface area contributed by atoms with Gasteiger partial charge in [-0.1, -0.05) is 15.9 Å². The van der Waals surface area contributed by atoms with Gasteiger partial charge >= 0.3 is 0 Å². The molecule has 0 atom stereocenters. The molecule has 0 saturated heterocycles. The van der Waals surface area contributed by atoms with Crippen LogP contribution in [0.15, 0.2) is 22.7 Å². The van der Waals surface area contributed by atoms with Crippen LogP contribution in [0.25, 0.3) is 0 Å². The highest BCUT2D eigenvalue weighted by atomic mass is 79.9. The van der Waals surface area contributed by atoms with Gasteiger partial charge in [0, 0.05) is 22.9 Å². The fourth-order valence-corrected chi connectivity index (χ4v) is 6.16. The maximum atomic E-state index is 13.8. The maximum absolute atomic E-state index is 13.8. The number of benzene rings is 1. The van der Waals surface area contributed by atoms with Crippen LogP contribution in [0.2, 0.25) is 0 Å². The SMILES string of the molecule is O=C(CCCNC(=O)C12CC3CC(CC(C3)C1)C2)Nc1ccc(Br)cc1F. The van der Waals surface area contributed by atoms with Gasteiger partial charge in [-0.2, -0.15) is 0 Å². The van der Waals surface area contributed by atoms with Crippen molar-refractivity contribution in [3.63, 3.8) is 0 Å². The number of hydrogen-bond donors (Lipinski definition) is 2. The van der Waals surface area contributed by atoms with E-state index in [1.165, 1.54) is 31.4 Å². The zero-order valence-electron chi connectivity index (χ0n) is 15.4. The lowest BCUT2D eigenvalue weighted by molar-refractivity contribution is -0.146. The number of anilines is 1. The summed E-state index contributed by atoms with van der Waals surface area (Å²) in [6, 6.07) is 4.54. The van der Waals surface area contributed by atoms with E-state index >= 15 is 0 Å². The summed E-state index contributed by atoms with van der Waals surface area (Å²) < 4.78 is 14.4. The Balaban J connectivity index is 1.22. The lowest BCUT2D eigenvalue weighted by Gasteiger charge is -2.55. The molecule has 0 aliphatic heterocycles. The average Bonchev–Trinajstić information content (AvgIpc) is 2.60. The molecule has 6 heteroatoms. The lowest BCUT2D eigenvalue weighted by atomic mass is 9.49. The van der Waals surface area contributed by atoms with Crippen molar-refractivity contribution in [1.82, 2.24) is 5.32 Å². The number of amides is 2. The molecule has 2 amide bonds. The summed E-state index contributed by atoms with van der Waals surface area (Å²) in [5.74, 6) is 1.73. The number of halogens is 2. The van der Waals surface area contributed by atoms with Crippen LogP contribution < -0.4 is 10.6 Å². The van der Waals surface area contributed by atoms with Crippen molar-refractivity contribution in [2.24, 2.45) is 23.2 Å². The topological polar surface area (TPSA) is 58.2 Å². The molecule has 5 rings (SSSR count). The molecule has 0 unspecified atom stereocenters. The van der Waals surface area contributed by atoms with E-state index in [0.29, 0.717) is 17.4 Å². The molecule has 0 spiro atoms. The highest BCUT2D eigenvalue weighted by molar-refractivity contribution is 9.10. The fourth-order valence-electron chi connectivity index (χ4n) is 5.83. The van der Waals surface area contributed by atoms with Crippen molar-refractivity contribution < 1.29 is 14.0 Å². The second kappa shape index (κ2) is 7.53. The van der Waals surface area contributed by atoms with E-state index in [1.807, 2.05) is 0 Å². The first-order valence-corrected chi connectivity index (χ1v) is 10.8. The van der Waals surface area contributed by atoms with Gasteiger partial charge in [0.25, 0.3) is 0 Å². The first-order valence-electron chi connectivity index (χ1n) is 9.97. The van der Waals surface area contributed by atoms with Crippen molar-refractivity contribution in [2.75, 3.05) is 11.9 Å². The Morgan fingerprint density at radius 1 is 1.11 bits per heavy atom. The van der Waals surface area contributed by atoms with E-state index in [2.05, 4.69) is 26.6 Å². The number of hydrogen-bond acceptors (Lipinski definition) is 2. The molecule has 2 N–H and O–H groups in total. The largest absolute Gasteiger partial charge is 0.356 e. The minimum atomic E-state index is -0.465. The zero-order chi connectivity index (χ0) is 19.0. The predicted molar refractivity (Wildman–Crippen MR) is 106 cm³/mol. The monoisotopic (exact) mass is 436 g/mol.